The van der Waals surface area contributed by atoms with Gasteiger partial charge in [0.15, 0.2) is 0 Å². The van der Waals surface area contributed by atoms with E-state index in [1.54, 1.807) is 0 Å². The zero-order valence-electron chi connectivity index (χ0n) is 16.2. The fourth-order valence-corrected chi connectivity index (χ4v) is 4.76. The molecule has 1 saturated heterocycles. The van der Waals surface area contributed by atoms with Crippen LogP contribution >= 0.6 is 0 Å². The van der Waals surface area contributed by atoms with Gasteiger partial charge in [-0.3, -0.25) is 14.5 Å². The van der Waals surface area contributed by atoms with Gasteiger partial charge in [0.2, 0.25) is 5.91 Å². The zero-order chi connectivity index (χ0) is 18.8. The molecule has 0 aromatic heterocycles. The van der Waals surface area contributed by atoms with Crippen LogP contribution in [0.25, 0.3) is 0 Å². The van der Waals surface area contributed by atoms with Gasteiger partial charge in [0, 0.05) is 25.2 Å². The number of nitrogens with zero attached hydrogens (tertiary/aromatic N) is 2. The van der Waals surface area contributed by atoms with Crippen molar-refractivity contribution < 1.29 is 14.3 Å². The Hall–Kier alpha value is -1.88. The number of ether oxygens (including phenoxy) is 1. The van der Waals surface area contributed by atoms with Gasteiger partial charge in [-0.15, -0.1) is 0 Å². The summed E-state index contributed by atoms with van der Waals surface area (Å²) in [5.41, 5.74) is 2.87. The van der Waals surface area contributed by atoms with E-state index >= 15 is 0 Å². The van der Waals surface area contributed by atoms with Gasteiger partial charge in [0.1, 0.15) is 0 Å². The highest BCUT2D eigenvalue weighted by atomic mass is 16.5. The molecule has 1 aromatic carbocycles. The van der Waals surface area contributed by atoms with E-state index < -0.39 is 0 Å². The number of aryl methyl sites for hydroxylation is 1. The van der Waals surface area contributed by atoms with E-state index in [9.17, 15) is 9.59 Å². The molecule has 5 nitrogen and oxygen atoms in total. The van der Waals surface area contributed by atoms with Crippen molar-refractivity contribution in [3.8, 4) is 0 Å². The van der Waals surface area contributed by atoms with Crippen LogP contribution in [0, 0.1) is 5.92 Å². The van der Waals surface area contributed by atoms with Crippen molar-refractivity contribution in [1.29, 1.82) is 0 Å². The predicted octanol–water partition coefficient (Wildman–Crippen LogP) is 2.94. The quantitative estimate of drug-likeness (QED) is 0.748. The molecule has 2 aliphatic carbocycles. The largest absolute Gasteiger partial charge is 0.469 e. The van der Waals surface area contributed by atoms with Crippen LogP contribution in [0.5, 0.6) is 0 Å². The molecule has 3 aliphatic rings. The van der Waals surface area contributed by atoms with Crippen LogP contribution in [-0.2, 0) is 20.7 Å². The minimum atomic E-state index is -0.138. The molecule has 1 heterocycles. The second kappa shape index (κ2) is 8.01. The van der Waals surface area contributed by atoms with E-state index in [1.807, 2.05) is 4.90 Å². The van der Waals surface area contributed by atoms with Crippen molar-refractivity contribution >= 4 is 11.9 Å². The summed E-state index contributed by atoms with van der Waals surface area (Å²) in [7, 11) is 1.44. The van der Waals surface area contributed by atoms with Gasteiger partial charge in [-0.25, -0.2) is 0 Å². The highest BCUT2D eigenvalue weighted by Crippen LogP contribution is 2.40. The van der Waals surface area contributed by atoms with E-state index in [0.717, 1.165) is 12.8 Å². The predicted molar refractivity (Wildman–Crippen MR) is 103 cm³/mol. The fourth-order valence-electron chi connectivity index (χ4n) is 4.76. The van der Waals surface area contributed by atoms with Crippen molar-refractivity contribution in [1.82, 2.24) is 9.80 Å². The van der Waals surface area contributed by atoms with E-state index in [2.05, 4.69) is 29.2 Å². The molecule has 0 unspecified atom stereocenters. The summed E-state index contributed by atoms with van der Waals surface area (Å²) in [6.07, 6.45) is 7.34. The van der Waals surface area contributed by atoms with Gasteiger partial charge < -0.3 is 9.64 Å². The summed E-state index contributed by atoms with van der Waals surface area (Å²) in [6.45, 7) is 1.84. The lowest BCUT2D eigenvalue weighted by molar-refractivity contribution is -0.149. The molecule has 0 radical (unpaired) electrons. The first-order valence-electron chi connectivity index (χ1n) is 10.4. The highest BCUT2D eigenvalue weighted by molar-refractivity contribution is 5.79. The van der Waals surface area contributed by atoms with Crippen molar-refractivity contribution in [2.45, 2.75) is 57.0 Å². The standard InChI is InChI=1S/C22H30N2O3/c1-27-22(26)17-11-13-23(14-12-17)21(25)15-24(18-9-10-18)20-8-4-6-16-5-2-3-7-19(16)20/h2-3,5,7,17-18,20H,4,6,8-15H2,1H3/t20-/m1/s1. The lowest BCUT2D eigenvalue weighted by Crippen LogP contribution is -2.47. The molecule has 1 aliphatic heterocycles. The molecule has 0 N–H and O–H groups in total. The summed E-state index contributed by atoms with van der Waals surface area (Å²) >= 11 is 0. The fraction of sp³-hybridized carbons (Fsp3) is 0.636. The number of hydrogen-bond donors (Lipinski definition) is 0. The smallest absolute Gasteiger partial charge is 0.308 e. The third-order valence-corrected chi connectivity index (χ3v) is 6.45. The number of methoxy groups -OCH3 is 1. The number of fused-ring (bicyclic) bond motifs is 1. The van der Waals surface area contributed by atoms with Crippen LogP contribution in [0.4, 0.5) is 0 Å². The van der Waals surface area contributed by atoms with Gasteiger partial charge in [-0.2, -0.15) is 0 Å². The lowest BCUT2D eigenvalue weighted by atomic mass is 9.86. The van der Waals surface area contributed by atoms with E-state index in [-0.39, 0.29) is 17.8 Å². The maximum Gasteiger partial charge on any atom is 0.308 e. The highest BCUT2D eigenvalue weighted by Gasteiger charge is 2.38. The van der Waals surface area contributed by atoms with E-state index in [4.69, 9.17) is 4.74 Å². The zero-order valence-corrected chi connectivity index (χ0v) is 16.2. The SMILES string of the molecule is COC(=O)C1CCN(C(=O)CN(C2CC2)[C@@H]2CCCc3ccccc32)CC1. The summed E-state index contributed by atoms with van der Waals surface area (Å²) in [4.78, 5) is 29.1. The second-order valence-corrected chi connectivity index (χ2v) is 8.19. The van der Waals surface area contributed by atoms with Crippen LogP contribution in [0.15, 0.2) is 24.3 Å². The Bertz CT molecular complexity index is 693. The summed E-state index contributed by atoms with van der Waals surface area (Å²) in [6, 6.07) is 9.67. The normalized spacial score (nSPS) is 23.2. The molecular weight excluding hydrogens is 340 g/mol. The lowest BCUT2D eigenvalue weighted by Gasteiger charge is -2.38. The van der Waals surface area contributed by atoms with Crippen molar-refractivity contribution in [3.63, 3.8) is 0 Å². The minimum Gasteiger partial charge on any atom is -0.469 e. The molecule has 1 atom stereocenters. The first-order valence-corrected chi connectivity index (χ1v) is 10.4. The molecule has 1 saturated carbocycles. The minimum absolute atomic E-state index is 0.0520. The number of likely N-dealkylation sites (tertiary alicyclic amines) is 1. The Labute approximate surface area is 161 Å². The number of amides is 1. The molecule has 0 spiro atoms. The Kier molecular flexibility index (Phi) is 5.48. The van der Waals surface area contributed by atoms with Crippen molar-refractivity contribution in [2.24, 2.45) is 5.92 Å². The molecule has 146 valence electrons. The second-order valence-electron chi connectivity index (χ2n) is 8.19. The first-order chi connectivity index (χ1) is 13.2. The number of esters is 1. The Morgan fingerprint density at radius 3 is 2.56 bits per heavy atom. The van der Waals surface area contributed by atoms with Crippen molar-refractivity contribution in [2.75, 3.05) is 26.7 Å². The number of carbonyl (C=O) groups excluding carboxylic acids is 2. The third-order valence-electron chi connectivity index (χ3n) is 6.45. The maximum absolute atomic E-state index is 13.0. The van der Waals surface area contributed by atoms with Crippen LogP contribution in [0.2, 0.25) is 0 Å². The summed E-state index contributed by atoms with van der Waals surface area (Å²) in [5, 5.41) is 0. The summed E-state index contributed by atoms with van der Waals surface area (Å²) in [5.74, 6) is 0.0256. The monoisotopic (exact) mass is 370 g/mol. The van der Waals surface area contributed by atoms with Gasteiger partial charge in [0.05, 0.1) is 19.6 Å². The van der Waals surface area contributed by atoms with Crippen LogP contribution < -0.4 is 0 Å². The summed E-state index contributed by atoms with van der Waals surface area (Å²) < 4.78 is 4.85. The molecule has 5 heteroatoms. The maximum atomic E-state index is 13.0. The number of carbonyl (C=O) groups is 2. The Morgan fingerprint density at radius 2 is 1.85 bits per heavy atom. The van der Waals surface area contributed by atoms with Crippen LogP contribution in [-0.4, -0.2) is 54.5 Å². The van der Waals surface area contributed by atoms with Gasteiger partial charge >= 0.3 is 5.97 Å². The molecule has 0 bridgehead atoms. The number of benzene rings is 1. The number of hydrogen-bond acceptors (Lipinski definition) is 4. The van der Waals surface area contributed by atoms with Crippen molar-refractivity contribution in [3.05, 3.63) is 35.4 Å². The average molecular weight is 370 g/mol. The molecular formula is C22H30N2O3. The van der Waals surface area contributed by atoms with E-state index in [1.165, 1.54) is 37.5 Å². The van der Waals surface area contributed by atoms with E-state index in [0.29, 0.717) is 44.6 Å². The first kappa shape index (κ1) is 18.5. The molecule has 4 rings (SSSR count). The van der Waals surface area contributed by atoms with Crippen LogP contribution in [0.3, 0.4) is 0 Å². The third kappa shape index (κ3) is 4.03. The van der Waals surface area contributed by atoms with Gasteiger partial charge in [-0.1, -0.05) is 24.3 Å². The number of rotatable bonds is 5. The Balaban J connectivity index is 1.41. The van der Waals surface area contributed by atoms with Gasteiger partial charge in [0.25, 0.3) is 0 Å². The molecule has 1 aromatic rings. The topological polar surface area (TPSA) is 49.9 Å². The Morgan fingerprint density at radius 1 is 1.11 bits per heavy atom. The molecule has 2 fully saturated rings. The molecule has 27 heavy (non-hydrogen) atoms. The molecule has 1 amide bonds. The van der Waals surface area contributed by atoms with Gasteiger partial charge in [-0.05, 0) is 56.1 Å². The van der Waals surface area contributed by atoms with Crippen LogP contribution in [0.1, 0.15) is 55.7 Å². The average Bonchev–Trinajstić information content (AvgIpc) is 3.56. The number of piperidine rings is 1.